The molecule has 6 unspecified atom stereocenters. The van der Waals surface area contributed by atoms with Gasteiger partial charge in [0.1, 0.15) is 17.3 Å². The van der Waals surface area contributed by atoms with Crippen LogP contribution in [0.15, 0.2) is 96.6 Å². The number of halogens is 3. The Morgan fingerprint density at radius 2 is 1.63 bits per heavy atom. The Bertz CT molecular complexity index is 2210. The molecule has 264 valence electrons. The standard InChI is InChI=1S/C40H32Cl2FN3O6/c1-20-6-15-25(18-30(20)42)45-36(48)27-17-16-26-28(33(27)38(45)50)19-29-37(49)46(44-24-13-11-23(43)12-14-24)39(51)40(29,21-7-9-22(41)10-8-21)35(26)34-31(47)4-3-5-32(34)52-2/h3-16,18,27-29,33,35,44,47H,17,19H2,1-2H3. The van der Waals surface area contributed by atoms with Gasteiger partial charge in [0.05, 0.1) is 41.7 Å². The molecular formula is C40H32Cl2FN3O6. The number of nitrogens with zero attached hydrogens (tertiary/aromatic N) is 2. The van der Waals surface area contributed by atoms with Crippen molar-refractivity contribution in [1.29, 1.82) is 0 Å². The van der Waals surface area contributed by atoms with Gasteiger partial charge < -0.3 is 9.84 Å². The van der Waals surface area contributed by atoms with Gasteiger partial charge in [-0.2, -0.15) is 5.01 Å². The number of methoxy groups -OCH3 is 1. The first-order valence-corrected chi connectivity index (χ1v) is 17.6. The van der Waals surface area contributed by atoms with Crippen molar-refractivity contribution in [2.45, 2.75) is 31.1 Å². The maximum absolute atomic E-state index is 15.3. The zero-order valence-electron chi connectivity index (χ0n) is 28.0. The van der Waals surface area contributed by atoms with Crippen LogP contribution in [0.1, 0.15) is 35.4 Å². The lowest BCUT2D eigenvalue weighted by atomic mass is 9.49. The highest BCUT2D eigenvalue weighted by molar-refractivity contribution is 6.32. The normalized spacial score (nSPS) is 26.6. The number of phenolic OH excluding ortho intramolecular Hbond substituents is 1. The quantitative estimate of drug-likeness (QED) is 0.157. The van der Waals surface area contributed by atoms with E-state index in [1.54, 1.807) is 54.6 Å². The third-order valence-electron chi connectivity index (χ3n) is 11.2. The molecule has 12 heteroatoms. The molecule has 4 aliphatic rings. The molecule has 6 atom stereocenters. The predicted molar refractivity (Wildman–Crippen MR) is 192 cm³/mol. The van der Waals surface area contributed by atoms with Gasteiger partial charge >= 0.3 is 0 Å². The third-order valence-corrected chi connectivity index (χ3v) is 11.9. The predicted octanol–water partition coefficient (Wildman–Crippen LogP) is 7.34. The van der Waals surface area contributed by atoms with E-state index in [2.05, 4.69) is 5.43 Å². The number of aromatic hydroxyl groups is 1. The summed E-state index contributed by atoms with van der Waals surface area (Å²) < 4.78 is 19.7. The van der Waals surface area contributed by atoms with Gasteiger partial charge in [-0.25, -0.2) is 9.29 Å². The van der Waals surface area contributed by atoms with Gasteiger partial charge in [0.15, 0.2) is 0 Å². The van der Waals surface area contributed by atoms with E-state index in [-0.39, 0.29) is 35.8 Å². The Morgan fingerprint density at radius 3 is 2.33 bits per heavy atom. The van der Waals surface area contributed by atoms with Crippen molar-refractivity contribution in [3.63, 3.8) is 0 Å². The molecule has 52 heavy (non-hydrogen) atoms. The van der Waals surface area contributed by atoms with Gasteiger partial charge in [0.25, 0.3) is 11.8 Å². The first-order chi connectivity index (χ1) is 25.0. The number of hydrogen-bond acceptors (Lipinski definition) is 7. The number of carbonyl (C=O) groups excluding carboxylic acids is 4. The molecule has 2 N–H and O–H groups in total. The minimum Gasteiger partial charge on any atom is -0.508 e. The Morgan fingerprint density at radius 1 is 0.904 bits per heavy atom. The lowest BCUT2D eigenvalue weighted by molar-refractivity contribution is -0.138. The molecule has 0 aromatic heterocycles. The molecule has 0 bridgehead atoms. The van der Waals surface area contributed by atoms with Crippen molar-refractivity contribution < 1.29 is 33.4 Å². The van der Waals surface area contributed by atoms with Crippen molar-refractivity contribution in [1.82, 2.24) is 5.01 Å². The Kier molecular flexibility index (Phi) is 8.15. The molecule has 0 spiro atoms. The zero-order valence-corrected chi connectivity index (χ0v) is 29.5. The number of aryl methyl sites for hydroxylation is 1. The second-order valence-corrected chi connectivity index (χ2v) is 14.6. The van der Waals surface area contributed by atoms with Crippen molar-refractivity contribution in [2.75, 3.05) is 17.4 Å². The molecule has 4 aromatic carbocycles. The van der Waals surface area contributed by atoms with Crippen LogP contribution in [0.4, 0.5) is 15.8 Å². The molecule has 2 saturated heterocycles. The Hall–Kier alpha value is -5.19. The number of benzene rings is 4. The Labute approximate surface area is 308 Å². The second-order valence-electron chi connectivity index (χ2n) is 13.7. The van der Waals surface area contributed by atoms with Crippen LogP contribution in [0.3, 0.4) is 0 Å². The molecule has 8 rings (SSSR count). The highest BCUT2D eigenvalue weighted by Crippen LogP contribution is 2.66. The minimum absolute atomic E-state index is 0.0374. The third kappa shape index (κ3) is 4.88. The van der Waals surface area contributed by atoms with Gasteiger partial charge in [-0.05, 0) is 97.5 Å². The van der Waals surface area contributed by atoms with E-state index in [0.29, 0.717) is 32.6 Å². The number of phenols is 1. The second kappa shape index (κ2) is 12.5. The van der Waals surface area contributed by atoms with E-state index in [1.165, 1.54) is 42.3 Å². The number of carbonyl (C=O) groups is 4. The van der Waals surface area contributed by atoms with Gasteiger partial charge in [-0.15, -0.1) is 0 Å². The smallest absolute Gasteiger partial charge is 0.260 e. The molecule has 0 radical (unpaired) electrons. The van der Waals surface area contributed by atoms with Crippen molar-refractivity contribution in [3.05, 3.63) is 129 Å². The van der Waals surface area contributed by atoms with Crippen LogP contribution in [0.25, 0.3) is 0 Å². The molecular weight excluding hydrogens is 708 g/mol. The van der Waals surface area contributed by atoms with Crippen LogP contribution in [0.2, 0.25) is 10.0 Å². The first kappa shape index (κ1) is 33.9. The number of anilines is 2. The number of allylic oxidation sites excluding steroid dienone is 2. The molecule has 3 fully saturated rings. The number of amides is 4. The van der Waals surface area contributed by atoms with E-state index >= 15 is 4.79 Å². The van der Waals surface area contributed by atoms with E-state index in [4.69, 9.17) is 27.9 Å². The topological polar surface area (TPSA) is 116 Å². The zero-order chi connectivity index (χ0) is 36.6. The SMILES string of the molecule is COc1cccc(O)c1C1C2=CCC3C(=O)N(c4ccc(C)c(Cl)c4)C(=O)C3C2CC2C(=O)N(Nc3ccc(F)cc3)C(=O)C21c1ccc(Cl)cc1. The Balaban J connectivity index is 1.35. The van der Waals surface area contributed by atoms with E-state index in [1.807, 2.05) is 13.0 Å². The van der Waals surface area contributed by atoms with Crippen molar-refractivity contribution >= 4 is 58.2 Å². The summed E-state index contributed by atoms with van der Waals surface area (Å²) in [5, 5.41) is 13.4. The van der Waals surface area contributed by atoms with Crippen LogP contribution < -0.4 is 15.1 Å². The van der Waals surface area contributed by atoms with Gasteiger partial charge in [-0.3, -0.25) is 24.6 Å². The first-order valence-electron chi connectivity index (χ1n) is 16.8. The van der Waals surface area contributed by atoms with E-state index in [0.717, 1.165) is 10.6 Å². The molecule has 2 heterocycles. The molecule has 4 aromatic rings. The highest BCUT2D eigenvalue weighted by Gasteiger charge is 2.71. The lowest BCUT2D eigenvalue weighted by Crippen LogP contribution is -2.53. The summed E-state index contributed by atoms with van der Waals surface area (Å²) in [6.07, 6.45) is 2.11. The van der Waals surface area contributed by atoms with Crippen molar-refractivity contribution in [2.24, 2.45) is 23.7 Å². The number of nitrogens with one attached hydrogen (secondary N) is 1. The van der Waals surface area contributed by atoms with E-state index in [9.17, 15) is 23.9 Å². The number of hydrazine groups is 1. The van der Waals surface area contributed by atoms with Crippen LogP contribution in [0, 0.1) is 36.4 Å². The maximum atomic E-state index is 15.3. The van der Waals surface area contributed by atoms with Gasteiger partial charge in [0.2, 0.25) is 11.8 Å². The van der Waals surface area contributed by atoms with Crippen LogP contribution in [-0.4, -0.2) is 40.9 Å². The molecule has 4 amide bonds. The average molecular weight is 741 g/mol. The average Bonchev–Trinajstić information content (AvgIpc) is 3.51. The number of imide groups is 2. The van der Waals surface area contributed by atoms with Crippen LogP contribution in [0.5, 0.6) is 11.5 Å². The van der Waals surface area contributed by atoms with Crippen LogP contribution in [-0.2, 0) is 24.6 Å². The summed E-state index contributed by atoms with van der Waals surface area (Å²) in [7, 11) is 1.45. The monoisotopic (exact) mass is 739 g/mol. The summed E-state index contributed by atoms with van der Waals surface area (Å²) in [4.78, 5) is 59.9. The number of ether oxygens (including phenoxy) is 1. The number of hydrogen-bond donors (Lipinski definition) is 2. The summed E-state index contributed by atoms with van der Waals surface area (Å²) in [6, 6.07) is 21.7. The summed E-state index contributed by atoms with van der Waals surface area (Å²) in [5.41, 5.74) is 4.05. The fourth-order valence-corrected chi connectivity index (χ4v) is 9.25. The molecule has 2 aliphatic heterocycles. The summed E-state index contributed by atoms with van der Waals surface area (Å²) >= 11 is 12.8. The summed E-state index contributed by atoms with van der Waals surface area (Å²) in [5.74, 6) is -6.77. The molecule has 2 aliphatic carbocycles. The van der Waals surface area contributed by atoms with Crippen LogP contribution >= 0.6 is 23.2 Å². The fraction of sp³-hybridized carbons (Fsp3) is 0.250. The maximum Gasteiger partial charge on any atom is 0.260 e. The molecule has 9 nitrogen and oxygen atoms in total. The molecule has 1 saturated carbocycles. The number of rotatable bonds is 6. The summed E-state index contributed by atoms with van der Waals surface area (Å²) in [6.45, 7) is 1.83. The highest BCUT2D eigenvalue weighted by atomic mass is 35.5. The largest absolute Gasteiger partial charge is 0.508 e. The minimum atomic E-state index is -1.67. The number of fused-ring (bicyclic) bond motifs is 4. The van der Waals surface area contributed by atoms with Crippen molar-refractivity contribution in [3.8, 4) is 11.5 Å². The van der Waals surface area contributed by atoms with Gasteiger partial charge in [-0.1, -0.05) is 59.1 Å². The van der Waals surface area contributed by atoms with E-state index < -0.39 is 58.5 Å². The lowest BCUT2D eigenvalue weighted by Gasteiger charge is -2.50. The fourth-order valence-electron chi connectivity index (χ4n) is 8.95. The van der Waals surface area contributed by atoms with Gasteiger partial charge in [0, 0.05) is 21.5 Å².